The smallest absolute Gasteiger partial charge is 0.251 e. The van der Waals surface area contributed by atoms with E-state index < -0.39 is 6.10 Å². The standard InChI is InChI=1S/C29H29ClFN5O3/c1-16-14-36(15-17(2)39-16)28-10-23(31)9-27(35-28)25-5-4-19-12-32-24(11-26(19)34-25)13-33-29(38)21-6-20(18(3)37)7-22(30)8-21/h4-12,16-18,37H,13-15H2,1-3H3,(H,33,38)/t16-,17+,18-/m1/s1. The fraction of sp³-hybridized carbons (Fsp3) is 0.310. The average Bonchev–Trinajstić information content (AvgIpc) is 2.90. The Morgan fingerprint density at radius 1 is 1.13 bits per heavy atom. The number of morpholine rings is 1. The molecule has 4 heterocycles. The number of benzene rings is 1. The van der Waals surface area contributed by atoms with Crippen LogP contribution in [0.3, 0.4) is 0 Å². The summed E-state index contributed by atoms with van der Waals surface area (Å²) in [4.78, 5) is 28.6. The van der Waals surface area contributed by atoms with Gasteiger partial charge in [-0.2, -0.15) is 0 Å². The molecule has 0 unspecified atom stereocenters. The molecule has 1 fully saturated rings. The van der Waals surface area contributed by atoms with Crippen molar-refractivity contribution in [1.29, 1.82) is 0 Å². The van der Waals surface area contributed by atoms with E-state index in [2.05, 4.69) is 10.3 Å². The van der Waals surface area contributed by atoms with E-state index in [1.807, 2.05) is 24.8 Å². The summed E-state index contributed by atoms with van der Waals surface area (Å²) in [5.41, 5.74) is 3.11. The molecule has 4 aromatic rings. The molecule has 8 nitrogen and oxygen atoms in total. The molecular weight excluding hydrogens is 521 g/mol. The molecule has 0 aliphatic carbocycles. The number of aliphatic hydroxyl groups is 1. The SMILES string of the molecule is C[C@@H]1CN(c2cc(F)cc(-c3ccc4cnc(CNC(=O)c5cc(Cl)cc([C@@H](C)O)c5)cc4n3)n2)C[C@H](C)O1. The Balaban J connectivity index is 1.36. The van der Waals surface area contributed by atoms with Crippen LogP contribution >= 0.6 is 11.6 Å². The van der Waals surface area contributed by atoms with Crippen molar-refractivity contribution >= 4 is 34.2 Å². The van der Waals surface area contributed by atoms with Gasteiger partial charge in [-0.1, -0.05) is 11.6 Å². The summed E-state index contributed by atoms with van der Waals surface area (Å²) in [7, 11) is 0. The van der Waals surface area contributed by atoms with E-state index in [9.17, 15) is 14.3 Å². The van der Waals surface area contributed by atoms with Crippen LogP contribution in [0.15, 0.2) is 54.7 Å². The van der Waals surface area contributed by atoms with Crippen molar-refractivity contribution < 1.29 is 19.0 Å². The zero-order valence-electron chi connectivity index (χ0n) is 21.9. The van der Waals surface area contributed by atoms with Crippen LogP contribution < -0.4 is 10.2 Å². The van der Waals surface area contributed by atoms with Crippen LogP contribution in [0.2, 0.25) is 5.02 Å². The first-order valence-corrected chi connectivity index (χ1v) is 13.1. The maximum Gasteiger partial charge on any atom is 0.251 e. The van der Waals surface area contributed by atoms with E-state index in [4.69, 9.17) is 26.3 Å². The number of rotatable bonds is 6. The van der Waals surface area contributed by atoms with Crippen molar-refractivity contribution in [1.82, 2.24) is 20.3 Å². The normalized spacial score (nSPS) is 18.3. The van der Waals surface area contributed by atoms with E-state index in [-0.39, 0.29) is 30.5 Å². The third kappa shape index (κ3) is 6.33. The van der Waals surface area contributed by atoms with E-state index >= 15 is 0 Å². The lowest BCUT2D eigenvalue weighted by Gasteiger charge is -2.36. The number of halogens is 2. The molecular formula is C29H29ClFN5O3. The fourth-order valence-corrected chi connectivity index (χ4v) is 4.94. The Hall–Kier alpha value is -3.66. The molecule has 1 aromatic carbocycles. The maximum absolute atomic E-state index is 14.7. The van der Waals surface area contributed by atoms with E-state index in [0.717, 1.165) is 5.39 Å². The number of ether oxygens (including phenoxy) is 1. The third-order valence-electron chi connectivity index (χ3n) is 6.51. The first-order chi connectivity index (χ1) is 18.6. The van der Waals surface area contributed by atoms with Gasteiger partial charge in [-0.25, -0.2) is 14.4 Å². The minimum Gasteiger partial charge on any atom is -0.389 e. The van der Waals surface area contributed by atoms with Crippen molar-refractivity contribution in [3.63, 3.8) is 0 Å². The lowest BCUT2D eigenvalue weighted by molar-refractivity contribution is -0.00547. The molecule has 0 bridgehead atoms. The number of hydrogen-bond donors (Lipinski definition) is 2. The number of carbonyl (C=O) groups excluding carboxylic acids is 1. The number of hydrogen-bond acceptors (Lipinski definition) is 7. The van der Waals surface area contributed by atoms with Gasteiger partial charge in [0.25, 0.3) is 5.91 Å². The molecule has 1 amide bonds. The van der Waals surface area contributed by atoms with Crippen molar-refractivity contribution in [2.75, 3.05) is 18.0 Å². The van der Waals surface area contributed by atoms with Crippen LogP contribution in [0, 0.1) is 5.82 Å². The highest BCUT2D eigenvalue weighted by atomic mass is 35.5. The van der Waals surface area contributed by atoms with Gasteiger partial charge in [0.1, 0.15) is 11.6 Å². The van der Waals surface area contributed by atoms with Crippen LogP contribution in [0.1, 0.15) is 48.5 Å². The van der Waals surface area contributed by atoms with Gasteiger partial charge in [0, 0.05) is 47.4 Å². The first kappa shape index (κ1) is 26.9. The highest BCUT2D eigenvalue weighted by Crippen LogP contribution is 2.26. The molecule has 3 atom stereocenters. The van der Waals surface area contributed by atoms with Crippen LogP contribution in [0.5, 0.6) is 0 Å². The molecule has 10 heteroatoms. The molecule has 5 rings (SSSR count). The Labute approximate surface area is 230 Å². The van der Waals surface area contributed by atoms with Gasteiger partial charge >= 0.3 is 0 Å². The lowest BCUT2D eigenvalue weighted by Crippen LogP contribution is -2.45. The molecule has 0 saturated carbocycles. The summed E-state index contributed by atoms with van der Waals surface area (Å²) in [6, 6.07) is 13.0. The van der Waals surface area contributed by atoms with E-state index in [1.54, 1.807) is 43.5 Å². The molecule has 0 radical (unpaired) electrons. The second kappa shape index (κ2) is 11.2. The number of nitrogens with one attached hydrogen (secondary N) is 1. The monoisotopic (exact) mass is 549 g/mol. The molecule has 1 saturated heterocycles. The van der Waals surface area contributed by atoms with E-state index in [1.165, 1.54) is 12.1 Å². The molecule has 39 heavy (non-hydrogen) atoms. The quantitative estimate of drug-likeness (QED) is 0.346. The average molecular weight is 550 g/mol. The van der Waals surface area contributed by atoms with Crippen molar-refractivity contribution in [3.8, 4) is 11.4 Å². The predicted octanol–water partition coefficient (Wildman–Crippen LogP) is 5.08. The van der Waals surface area contributed by atoms with Gasteiger partial charge in [-0.15, -0.1) is 0 Å². The zero-order valence-corrected chi connectivity index (χ0v) is 22.6. The molecule has 1 aliphatic heterocycles. The Kier molecular flexibility index (Phi) is 7.74. The van der Waals surface area contributed by atoms with Gasteiger partial charge in [0.05, 0.1) is 47.5 Å². The number of aliphatic hydroxyl groups excluding tert-OH is 1. The summed E-state index contributed by atoms with van der Waals surface area (Å²) in [5.74, 6) is -0.181. The second-order valence-corrected chi connectivity index (χ2v) is 10.3. The van der Waals surface area contributed by atoms with Crippen LogP contribution in [0.25, 0.3) is 22.3 Å². The number of carbonyl (C=O) groups is 1. The predicted molar refractivity (Wildman–Crippen MR) is 148 cm³/mol. The molecule has 3 aromatic heterocycles. The zero-order chi connectivity index (χ0) is 27.7. The summed E-state index contributed by atoms with van der Waals surface area (Å²) in [5, 5.41) is 13.8. The van der Waals surface area contributed by atoms with Crippen LogP contribution in [0.4, 0.5) is 10.2 Å². The lowest BCUT2D eigenvalue weighted by atomic mass is 10.1. The summed E-state index contributed by atoms with van der Waals surface area (Å²) in [6.45, 7) is 7.00. The topological polar surface area (TPSA) is 100 Å². The fourth-order valence-electron chi connectivity index (χ4n) is 4.70. The maximum atomic E-state index is 14.7. The summed E-state index contributed by atoms with van der Waals surface area (Å²) < 4.78 is 20.5. The third-order valence-corrected chi connectivity index (χ3v) is 6.73. The molecule has 0 spiro atoms. The summed E-state index contributed by atoms with van der Waals surface area (Å²) >= 11 is 6.11. The number of pyridine rings is 3. The van der Waals surface area contributed by atoms with Gasteiger partial charge < -0.3 is 20.1 Å². The Morgan fingerprint density at radius 3 is 2.64 bits per heavy atom. The van der Waals surface area contributed by atoms with Crippen molar-refractivity contribution in [3.05, 3.63) is 82.4 Å². The van der Waals surface area contributed by atoms with Gasteiger partial charge in [-0.3, -0.25) is 9.78 Å². The summed E-state index contributed by atoms with van der Waals surface area (Å²) in [6.07, 6.45) is 0.972. The molecule has 1 aliphatic rings. The minimum absolute atomic E-state index is 0.0200. The number of anilines is 1. The van der Waals surface area contributed by atoms with Gasteiger partial charge in [0.15, 0.2) is 0 Å². The van der Waals surface area contributed by atoms with Gasteiger partial charge in [-0.05, 0) is 62.7 Å². The van der Waals surface area contributed by atoms with Crippen molar-refractivity contribution in [2.45, 2.75) is 45.6 Å². The molecule has 2 N–H and O–H groups in total. The molecule has 202 valence electrons. The first-order valence-electron chi connectivity index (χ1n) is 12.8. The van der Waals surface area contributed by atoms with E-state index in [0.29, 0.717) is 57.7 Å². The van der Waals surface area contributed by atoms with Crippen LogP contribution in [-0.2, 0) is 11.3 Å². The van der Waals surface area contributed by atoms with Gasteiger partial charge in [0.2, 0.25) is 0 Å². The Morgan fingerprint density at radius 2 is 1.90 bits per heavy atom. The number of nitrogens with zero attached hydrogens (tertiary/aromatic N) is 4. The highest BCUT2D eigenvalue weighted by Gasteiger charge is 2.24. The number of amides is 1. The van der Waals surface area contributed by atoms with Crippen LogP contribution in [-0.4, -0.2) is 51.3 Å². The highest BCUT2D eigenvalue weighted by molar-refractivity contribution is 6.31. The minimum atomic E-state index is -0.748. The number of fused-ring (bicyclic) bond motifs is 1. The Bertz CT molecular complexity index is 1520. The second-order valence-electron chi connectivity index (χ2n) is 9.89. The number of aromatic nitrogens is 3. The van der Waals surface area contributed by atoms with Crippen molar-refractivity contribution in [2.24, 2.45) is 0 Å². The largest absolute Gasteiger partial charge is 0.389 e.